The van der Waals surface area contributed by atoms with Crippen molar-refractivity contribution in [1.82, 2.24) is 30.6 Å². The van der Waals surface area contributed by atoms with Crippen LogP contribution in [-0.2, 0) is 32.0 Å². The first-order valence-corrected chi connectivity index (χ1v) is 17.7. The Morgan fingerprint density at radius 3 is 2.29 bits per heavy atom. The number of aromatic amines is 1. The van der Waals surface area contributed by atoms with Crippen molar-refractivity contribution in [3.8, 4) is 0 Å². The van der Waals surface area contributed by atoms with Crippen molar-refractivity contribution in [3.05, 3.63) is 64.1 Å². The molecule has 19 heteroatoms. The summed E-state index contributed by atoms with van der Waals surface area (Å²) in [5.41, 5.74) is 7.26. The van der Waals surface area contributed by atoms with E-state index in [9.17, 15) is 54.3 Å². The molecule has 0 spiro atoms. The predicted molar refractivity (Wildman–Crippen MR) is 195 cm³/mol. The summed E-state index contributed by atoms with van der Waals surface area (Å²) in [6, 6.07) is 5.76. The zero-order valence-corrected chi connectivity index (χ0v) is 30.3. The Morgan fingerprint density at radius 2 is 1.64 bits per heavy atom. The average Bonchev–Trinajstić information content (AvgIpc) is 3.17. The van der Waals surface area contributed by atoms with Crippen LogP contribution in [-0.4, -0.2) is 124 Å². The van der Waals surface area contributed by atoms with Crippen LogP contribution in [0.2, 0.25) is 0 Å². The molecule has 11 N–H and O–H groups in total. The fraction of sp³-hybridized carbons (Fsp3) is 0.500. The van der Waals surface area contributed by atoms with Crippen LogP contribution in [0.15, 0.2) is 35.3 Å². The number of nitrogens with zero attached hydrogens (tertiary/aromatic N) is 3. The number of carbonyl (C=O) groups excluding carboxylic acids is 4. The number of nitrogen functional groups attached to an aromatic ring is 1. The van der Waals surface area contributed by atoms with Crippen LogP contribution < -0.4 is 21.9 Å². The third kappa shape index (κ3) is 13.9. The lowest BCUT2D eigenvalue weighted by molar-refractivity contribution is -0.144. The molecule has 299 valence electrons. The van der Waals surface area contributed by atoms with Gasteiger partial charge >= 0.3 is 5.97 Å². The standard InChI is InChI=1S/C36H48N7O12/c1-2-20(35(54)55)15-25(46)23(13-14-28(49)38-17-26(47)31(51)32(52)27(48)18-44)41-29(50)6-4-3-5-24(45)21-10-7-19(8-11-21)9-12-22-16-39-33-30(40-22)34(53)43-36(37)42-33/h3,7-8,10-11,16,20,23,26-27,31-32,44,47-48,51-52H,2,4-6,9,12-15,17-18H2,1H3,(H,38,49)(H,41,50)(H,54,55)(H3,37,39,42,43,53)/t20-,23+,26+,27-,31-,32-/m1/s1. The number of rotatable bonds is 24. The summed E-state index contributed by atoms with van der Waals surface area (Å²) in [5, 5.41) is 62.3. The minimum absolute atomic E-state index is 0.0300. The van der Waals surface area contributed by atoms with Crippen molar-refractivity contribution < 1.29 is 54.6 Å². The monoisotopic (exact) mass is 770 g/mol. The van der Waals surface area contributed by atoms with Crippen LogP contribution >= 0.6 is 0 Å². The molecule has 6 atom stereocenters. The number of aromatic nitrogens is 4. The number of unbranched alkanes of at least 4 members (excludes halogenated alkanes) is 1. The van der Waals surface area contributed by atoms with E-state index in [-0.39, 0.29) is 67.8 Å². The Bertz CT molecular complexity index is 1840. The van der Waals surface area contributed by atoms with Crippen molar-refractivity contribution >= 4 is 46.5 Å². The Kier molecular flexibility index (Phi) is 17.4. The summed E-state index contributed by atoms with van der Waals surface area (Å²) in [4.78, 5) is 89.5. The molecule has 2 amide bonds. The maximum Gasteiger partial charge on any atom is 0.306 e. The molecule has 0 aliphatic heterocycles. The lowest BCUT2D eigenvalue weighted by Gasteiger charge is -2.25. The van der Waals surface area contributed by atoms with Gasteiger partial charge in [0.25, 0.3) is 5.56 Å². The Balaban J connectivity index is 1.47. The van der Waals surface area contributed by atoms with Gasteiger partial charge in [-0.15, -0.1) is 0 Å². The second kappa shape index (κ2) is 21.6. The van der Waals surface area contributed by atoms with Crippen LogP contribution in [0.4, 0.5) is 5.95 Å². The van der Waals surface area contributed by atoms with Gasteiger partial charge in [0.1, 0.15) is 18.3 Å². The first-order valence-electron chi connectivity index (χ1n) is 17.7. The summed E-state index contributed by atoms with van der Waals surface area (Å²) in [6.45, 7) is 0.175. The first kappa shape index (κ1) is 44.2. The number of amides is 2. The minimum Gasteiger partial charge on any atom is -0.481 e. The predicted octanol–water partition coefficient (Wildman–Crippen LogP) is -1.48. The van der Waals surface area contributed by atoms with Gasteiger partial charge in [0.05, 0.1) is 36.6 Å². The summed E-state index contributed by atoms with van der Waals surface area (Å²) < 4.78 is 0. The number of carbonyl (C=O) groups is 5. The van der Waals surface area contributed by atoms with E-state index in [0.29, 0.717) is 24.1 Å². The van der Waals surface area contributed by atoms with E-state index in [2.05, 4.69) is 30.6 Å². The van der Waals surface area contributed by atoms with E-state index in [1.54, 1.807) is 37.6 Å². The Labute approximate surface area is 315 Å². The summed E-state index contributed by atoms with van der Waals surface area (Å²) in [6.07, 6.45) is -3.70. The number of carboxylic acids is 1. The van der Waals surface area contributed by atoms with Gasteiger partial charge in [-0.05, 0) is 44.1 Å². The van der Waals surface area contributed by atoms with Crippen molar-refractivity contribution in [3.63, 3.8) is 0 Å². The van der Waals surface area contributed by atoms with E-state index in [1.165, 1.54) is 6.20 Å². The number of anilines is 1. The third-order valence-electron chi connectivity index (χ3n) is 8.84. The molecule has 0 fully saturated rings. The summed E-state index contributed by atoms with van der Waals surface area (Å²) >= 11 is 0. The highest BCUT2D eigenvalue weighted by Crippen LogP contribution is 2.15. The number of benzene rings is 1. The molecule has 1 aromatic carbocycles. The number of carboxylic acid groups (broad SMARTS) is 1. The number of aliphatic hydroxyl groups excluding tert-OH is 5. The minimum atomic E-state index is -1.89. The number of aryl methyl sites for hydroxylation is 2. The SMILES string of the molecule is CC[C@H](CC(=O)[C@H](CCC(=O)NC[C@H](O)[C@@H](O)[C@H](O)[C@H](O)CO)NC(=O)CC[CH]CC(=O)c1ccc(CCc2cnc3nc(N)[nH]c(=O)c3n2)cc1)C(=O)O. The number of Topliss-reactive ketones (excluding diaryl/α,β-unsaturated/α-hetero) is 2. The van der Waals surface area contributed by atoms with Crippen LogP contribution in [0.1, 0.15) is 73.5 Å². The van der Waals surface area contributed by atoms with E-state index in [1.807, 2.05) is 0 Å². The van der Waals surface area contributed by atoms with Crippen LogP contribution in [0.25, 0.3) is 11.2 Å². The van der Waals surface area contributed by atoms with Gasteiger partial charge in [-0.1, -0.05) is 31.2 Å². The van der Waals surface area contributed by atoms with E-state index >= 15 is 0 Å². The maximum absolute atomic E-state index is 13.0. The fourth-order valence-electron chi connectivity index (χ4n) is 5.44. The number of nitrogens with two attached hydrogens (primary N) is 1. The summed E-state index contributed by atoms with van der Waals surface area (Å²) in [5.74, 6) is -4.28. The zero-order chi connectivity index (χ0) is 40.7. The molecule has 0 saturated carbocycles. The second-order valence-electron chi connectivity index (χ2n) is 13.0. The van der Waals surface area contributed by atoms with Crippen LogP contribution in [0.5, 0.6) is 0 Å². The molecule has 19 nitrogen and oxygen atoms in total. The highest BCUT2D eigenvalue weighted by atomic mass is 16.4. The third-order valence-corrected chi connectivity index (χ3v) is 8.84. The van der Waals surface area contributed by atoms with Crippen LogP contribution in [0, 0.1) is 12.3 Å². The molecule has 3 rings (SSSR count). The number of aliphatic hydroxyl groups is 5. The molecule has 0 saturated heterocycles. The van der Waals surface area contributed by atoms with E-state index in [4.69, 9.17) is 10.8 Å². The molecule has 0 bridgehead atoms. The van der Waals surface area contributed by atoms with Gasteiger partial charge in [0, 0.05) is 37.8 Å². The van der Waals surface area contributed by atoms with Gasteiger partial charge in [0.15, 0.2) is 22.7 Å². The van der Waals surface area contributed by atoms with Gasteiger partial charge in [-0.2, -0.15) is 4.98 Å². The molecule has 3 aromatic rings. The van der Waals surface area contributed by atoms with Gasteiger partial charge < -0.3 is 47.0 Å². The van der Waals surface area contributed by atoms with Gasteiger partial charge in [-0.3, -0.25) is 33.8 Å². The number of ketones is 2. The molecule has 55 heavy (non-hydrogen) atoms. The van der Waals surface area contributed by atoms with E-state index < -0.39 is 78.7 Å². The molecule has 2 heterocycles. The topological polar surface area (TPSA) is 328 Å². The number of aliphatic carboxylic acids is 1. The zero-order valence-electron chi connectivity index (χ0n) is 30.3. The van der Waals surface area contributed by atoms with Crippen LogP contribution in [0.3, 0.4) is 0 Å². The smallest absolute Gasteiger partial charge is 0.306 e. The normalized spacial score (nSPS) is 14.7. The Hall–Kier alpha value is -5.21. The second-order valence-corrected chi connectivity index (χ2v) is 13.0. The number of fused-ring (bicyclic) bond motifs is 1. The molecule has 0 aliphatic rings. The van der Waals surface area contributed by atoms with Gasteiger partial charge in [0.2, 0.25) is 17.8 Å². The lowest BCUT2D eigenvalue weighted by atomic mass is 9.94. The largest absolute Gasteiger partial charge is 0.481 e. The highest BCUT2D eigenvalue weighted by Gasteiger charge is 2.31. The average molecular weight is 771 g/mol. The van der Waals surface area contributed by atoms with Crippen molar-refractivity contribution in [2.75, 3.05) is 18.9 Å². The number of nitrogens with one attached hydrogen (secondary N) is 3. The molecule has 0 unspecified atom stereocenters. The maximum atomic E-state index is 13.0. The first-order chi connectivity index (χ1) is 26.1. The molecular formula is C36H48N7O12. The lowest BCUT2D eigenvalue weighted by Crippen LogP contribution is -2.49. The van der Waals surface area contributed by atoms with Gasteiger partial charge in [-0.25, -0.2) is 9.97 Å². The molecule has 1 radical (unpaired) electrons. The Morgan fingerprint density at radius 1 is 0.945 bits per heavy atom. The molecular weight excluding hydrogens is 722 g/mol. The molecule has 2 aromatic heterocycles. The highest BCUT2D eigenvalue weighted by molar-refractivity contribution is 5.97. The number of H-pyrrole nitrogens is 1. The number of hydrogen-bond donors (Lipinski definition) is 10. The summed E-state index contributed by atoms with van der Waals surface area (Å²) in [7, 11) is 0. The van der Waals surface area contributed by atoms with Crippen molar-refractivity contribution in [2.45, 2.75) is 95.2 Å². The van der Waals surface area contributed by atoms with E-state index in [0.717, 1.165) is 5.56 Å². The van der Waals surface area contributed by atoms with Crippen molar-refractivity contribution in [2.24, 2.45) is 5.92 Å². The number of hydrogen-bond acceptors (Lipinski definition) is 15. The van der Waals surface area contributed by atoms with Crippen molar-refractivity contribution in [1.29, 1.82) is 0 Å². The fourth-order valence-corrected chi connectivity index (χ4v) is 5.44. The quantitative estimate of drug-likeness (QED) is 0.0367. The molecule has 0 aliphatic carbocycles.